The van der Waals surface area contributed by atoms with Crippen LogP contribution in [0.2, 0.25) is 0 Å². The van der Waals surface area contributed by atoms with Crippen molar-refractivity contribution in [3.05, 3.63) is 11.6 Å². The quantitative estimate of drug-likeness (QED) is 0.758. The molecule has 0 bridgehead atoms. The minimum Gasteiger partial charge on any atom is -0.466 e. The Kier molecular flexibility index (Phi) is 4.52. The highest BCUT2D eigenvalue weighted by Crippen LogP contribution is 2.19. The monoisotopic (exact) mass is 266 g/mol. The summed E-state index contributed by atoms with van der Waals surface area (Å²) >= 11 is 0. The number of esters is 1. The van der Waals surface area contributed by atoms with Gasteiger partial charge in [0.05, 0.1) is 19.1 Å². The van der Waals surface area contributed by atoms with E-state index in [1.807, 2.05) is 25.5 Å². The van der Waals surface area contributed by atoms with Crippen LogP contribution < -0.4 is 0 Å². The van der Waals surface area contributed by atoms with Crippen LogP contribution in [0.1, 0.15) is 31.4 Å². The first-order valence-corrected chi connectivity index (χ1v) is 6.85. The van der Waals surface area contributed by atoms with Gasteiger partial charge in [-0.1, -0.05) is 0 Å². The molecule has 0 aromatic carbocycles. The highest BCUT2D eigenvalue weighted by atomic mass is 16.5. The second-order valence-corrected chi connectivity index (χ2v) is 5.05. The highest BCUT2D eigenvalue weighted by Gasteiger charge is 2.27. The van der Waals surface area contributed by atoms with Crippen LogP contribution in [0.15, 0.2) is 0 Å². The zero-order chi connectivity index (χ0) is 13.8. The predicted octanol–water partition coefficient (Wildman–Crippen LogP) is 0.899. The number of hydrogen-bond donors (Lipinski definition) is 0. The zero-order valence-corrected chi connectivity index (χ0v) is 11.9. The number of carbonyl (C=O) groups is 1. The van der Waals surface area contributed by atoms with Gasteiger partial charge in [0.2, 0.25) is 0 Å². The van der Waals surface area contributed by atoms with E-state index in [-0.39, 0.29) is 11.9 Å². The number of likely N-dealkylation sites (tertiary alicyclic amines) is 1. The highest BCUT2D eigenvalue weighted by molar-refractivity contribution is 5.72. The molecule has 0 saturated carbocycles. The molecule has 0 aliphatic carbocycles. The summed E-state index contributed by atoms with van der Waals surface area (Å²) in [5.74, 6) is 1.79. The van der Waals surface area contributed by atoms with Gasteiger partial charge in [-0.05, 0) is 33.2 Å². The van der Waals surface area contributed by atoms with E-state index in [4.69, 9.17) is 4.74 Å². The van der Waals surface area contributed by atoms with Gasteiger partial charge in [0.1, 0.15) is 11.6 Å². The van der Waals surface area contributed by atoms with Gasteiger partial charge >= 0.3 is 5.97 Å². The molecule has 1 aromatic heterocycles. The summed E-state index contributed by atoms with van der Waals surface area (Å²) in [6.45, 7) is 6.74. The second kappa shape index (κ2) is 6.14. The number of aryl methyl sites for hydroxylation is 1. The molecule has 2 heterocycles. The SMILES string of the molecule is CCOC(=O)[C@H]1CCCN(Cc2nnc(C)n2C)C1. The summed E-state index contributed by atoms with van der Waals surface area (Å²) in [6, 6.07) is 0. The maximum absolute atomic E-state index is 11.8. The van der Waals surface area contributed by atoms with Gasteiger partial charge in [-0.25, -0.2) is 0 Å². The van der Waals surface area contributed by atoms with Crippen molar-refractivity contribution >= 4 is 5.97 Å². The van der Waals surface area contributed by atoms with Gasteiger partial charge in [-0.3, -0.25) is 9.69 Å². The van der Waals surface area contributed by atoms with E-state index in [9.17, 15) is 4.79 Å². The molecule has 106 valence electrons. The van der Waals surface area contributed by atoms with Crippen LogP contribution in [-0.2, 0) is 23.1 Å². The first kappa shape index (κ1) is 14.0. The molecule has 0 unspecified atom stereocenters. The summed E-state index contributed by atoms with van der Waals surface area (Å²) in [5.41, 5.74) is 0. The molecule has 6 nitrogen and oxygen atoms in total. The Morgan fingerprint density at radius 1 is 1.47 bits per heavy atom. The van der Waals surface area contributed by atoms with Crippen molar-refractivity contribution in [2.24, 2.45) is 13.0 Å². The van der Waals surface area contributed by atoms with Crippen LogP contribution in [0.3, 0.4) is 0 Å². The molecule has 1 aliphatic rings. The third-order valence-electron chi connectivity index (χ3n) is 3.67. The van der Waals surface area contributed by atoms with Gasteiger partial charge < -0.3 is 9.30 Å². The van der Waals surface area contributed by atoms with Crippen molar-refractivity contribution in [1.29, 1.82) is 0 Å². The van der Waals surface area contributed by atoms with E-state index in [0.717, 1.165) is 44.1 Å². The van der Waals surface area contributed by atoms with Crippen molar-refractivity contribution in [1.82, 2.24) is 19.7 Å². The van der Waals surface area contributed by atoms with Gasteiger partial charge in [-0.2, -0.15) is 0 Å². The van der Waals surface area contributed by atoms with Gasteiger partial charge in [0.15, 0.2) is 0 Å². The first-order chi connectivity index (χ1) is 9.11. The summed E-state index contributed by atoms with van der Waals surface area (Å²) in [6.07, 6.45) is 1.95. The lowest BCUT2D eigenvalue weighted by atomic mass is 9.98. The second-order valence-electron chi connectivity index (χ2n) is 5.05. The lowest BCUT2D eigenvalue weighted by Gasteiger charge is -2.30. The first-order valence-electron chi connectivity index (χ1n) is 6.85. The van der Waals surface area contributed by atoms with Gasteiger partial charge in [-0.15, -0.1) is 10.2 Å². The molecule has 0 amide bonds. The Labute approximate surface area is 113 Å². The standard InChI is InChI=1S/C13H22N4O2/c1-4-19-13(18)11-6-5-7-17(8-11)9-12-15-14-10(2)16(12)3/h11H,4-9H2,1-3H3/t11-/m0/s1. The third kappa shape index (κ3) is 3.32. The lowest BCUT2D eigenvalue weighted by molar-refractivity contribution is -0.150. The van der Waals surface area contributed by atoms with Crippen molar-refractivity contribution < 1.29 is 9.53 Å². The van der Waals surface area contributed by atoms with Crippen LogP contribution in [0.4, 0.5) is 0 Å². The van der Waals surface area contributed by atoms with E-state index in [1.165, 1.54) is 0 Å². The maximum Gasteiger partial charge on any atom is 0.310 e. The van der Waals surface area contributed by atoms with Crippen molar-refractivity contribution in [2.75, 3.05) is 19.7 Å². The molecule has 1 saturated heterocycles. The van der Waals surface area contributed by atoms with Crippen molar-refractivity contribution in [3.63, 3.8) is 0 Å². The molecular weight excluding hydrogens is 244 g/mol. The number of hydrogen-bond acceptors (Lipinski definition) is 5. The van der Waals surface area contributed by atoms with Gasteiger partial charge in [0.25, 0.3) is 0 Å². The lowest BCUT2D eigenvalue weighted by Crippen LogP contribution is -2.39. The number of rotatable bonds is 4. The van der Waals surface area contributed by atoms with E-state index >= 15 is 0 Å². The molecule has 6 heteroatoms. The largest absolute Gasteiger partial charge is 0.466 e. The van der Waals surface area contributed by atoms with Crippen LogP contribution >= 0.6 is 0 Å². The molecule has 1 atom stereocenters. The molecule has 1 aliphatic heterocycles. The Balaban J connectivity index is 1.94. The molecule has 0 radical (unpaired) electrons. The predicted molar refractivity (Wildman–Crippen MR) is 70.4 cm³/mol. The molecule has 1 aromatic rings. The fourth-order valence-electron chi connectivity index (χ4n) is 2.44. The third-order valence-corrected chi connectivity index (χ3v) is 3.67. The molecule has 0 spiro atoms. The number of aromatic nitrogens is 3. The Morgan fingerprint density at radius 3 is 2.89 bits per heavy atom. The minimum atomic E-state index is -0.0682. The van der Waals surface area contributed by atoms with Crippen LogP contribution in [0.25, 0.3) is 0 Å². The number of piperidine rings is 1. The topological polar surface area (TPSA) is 60.2 Å². The van der Waals surface area contributed by atoms with Crippen LogP contribution in [0.5, 0.6) is 0 Å². The number of nitrogens with zero attached hydrogens (tertiary/aromatic N) is 4. The maximum atomic E-state index is 11.8. The normalized spacial score (nSPS) is 20.5. The fourth-order valence-corrected chi connectivity index (χ4v) is 2.44. The Bertz CT molecular complexity index is 444. The molecule has 2 rings (SSSR count). The Hall–Kier alpha value is -1.43. The smallest absolute Gasteiger partial charge is 0.310 e. The zero-order valence-electron chi connectivity index (χ0n) is 11.9. The molecular formula is C13H22N4O2. The van der Waals surface area contributed by atoms with Crippen molar-refractivity contribution in [2.45, 2.75) is 33.2 Å². The van der Waals surface area contributed by atoms with Gasteiger partial charge in [0, 0.05) is 13.6 Å². The van der Waals surface area contributed by atoms with Crippen LogP contribution in [-0.4, -0.2) is 45.3 Å². The van der Waals surface area contributed by atoms with E-state index in [2.05, 4.69) is 15.1 Å². The average molecular weight is 266 g/mol. The number of carbonyl (C=O) groups excluding carboxylic acids is 1. The number of ether oxygens (including phenoxy) is 1. The van der Waals surface area contributed by atoms with E-state index in [1.54, 1.807) is 0 Å². The molecule has 19 heavy (non-hydrogen) atoms. The molecule has 0 N–H and O–H groups in total. The van der Waals surface area contributed by atoms with Crippen molar-refractivity contribution in [3.8, 4) is 0 Å². The molecule has 1 fully saturated rings. The average Bonchev–Trinajstić information content (AvgIpc) is 2.71. The van der Waals surface area contributed by atoms with E-state index in [0.29, 0.717) is 6.61 Å². The summed E-state index contributed by atoms with van der Waals surface area (Å²) in [4.78, 5) is 14.0. The Morgan fingerprint density at radius 2 is 2.26 bits per heavy atom. The van der Waals surface area contributed by atoms with E-state index < -0.39 is 0 Å². The fraction of sp³-hybridized carbons (Fsp3) is 0.769. The summed E-state index contributed by atoms with van der Waals surface area (Å²) in [5, 5.41) is 8.23. The summed E-state index contributed by atoms with van der Waals surface area (Å²) in [7, 11) is 1.97. The summed E-state index contributed by atoms with van der Waals surface area (Å²) < 4.78 is 7.10. The minimum absolute atomic E-state index is 0.00280. The van der Waals surface area contributed by atoms with Crippen LogP contribution in [0, 0.1) is 12.8 Å².